The van der Waals surface area contributed by atoms with Gasteiger partial charge in [0.25, 0.3) is 0 Å². The molecule has 0 unspecified atom stereocenters. The molecule has 0 amide bonds. The van der Waals surface area contributed by atoms with Crippen LogP contribution in [0.2, 0.25) is 5.02 Å². The molecule has 0 aliphatic carbocycles. The van der Waals surface area contributed by atoms with Crippen molar-refractivity contribution in [2.45, 2.75) is 26.4 Å². The molecule has 100 valence electrons. The van der Waals surface area contributed by atoms with Gasteiger partial charge in [0, 0.05) is 17.1 Å². The Morgan fingerprint density at radius 1 is 1.21 bits per heavy atom. The molecule has 3 heteroatoms. The maximum atomic E-state index is 5.99. The molecule has 2 rings (SSSR count). The van der Waals surface area contributed by atoms with Crippen molar-refractivity contribution in [1.29, 1.82) is 0 Å². The van der Waals surface area contributed by atoms with Gasteiger partial charge in [0.1, 0.15) is 0 Å². The Labute approximate surface area is 128 Å². The minimum Gasteiger partial charge on any atom is -0.306 e. The topological polar surface area (TPSA) is 12.0 Å². The van der Waals surface area contributed by atoms with Crippen molar-refractivity contribution in [2.75, 3.05) is 0 Å². The molecule has 0 aromatic heterocycles. The molecule has 0 fully saturated rings. The number of rotatable bonds is 4. The van der Waals surface area contributed by atoms with Crippen molar-refractivity contribution in [3.8, 4) is 0 Å². The molecule has 1 nitrogen and oxygen atoms in total. The molecule has 2 aromatic rings. The molecule has 0 saturated carbocycles. The first-order valence-electron chi connectivity index (χ1n) is 6.31. The van der Waals surface area contributed by atoms with Gasteiger partial charge in [-0.15, -0.1) is 0 Å². The zero-order valence-electron chi connectivity index (χ0n) is 11.1. The van der Waals surface area contributed by atoms with E-state index in [9.17, 15) is 0 Å². The van der Waals surface area contributed by atoms with Crippen LogP contribution in [-0.4, -0.2) is 0 Å². The second kappa shape index (κ2) is 6.56. The van der Waals surface area contributed by atoms with E-state index in [2.05, 4.69) is 65.4 Å². The second-order valence-electron chi connectivity index (χ2n) is 4.71. The van der Waals surface area contributed by atoms with Crippen LogP contribution in [0.15, 0.2) is 46.9 Å². The molecule has 0 radical (unpaired) electrons. The average Bonchev–Trinajstić information content (AvgIpc) is 2.40. The number of aryl methyl sites for hydroxylation is 1. The lowest BCUT2D eigenvalue weighted by Crippen LogP contribution is -2.18. The quantitative estimate of drug-likeness (QED) is 0.801. The minimum atomic E-state index is 0.329. The van der Waals surface area contributed by atoms with Crippen molar-refractivity contribution in [3.63, 3.8) is 0 Å². The van der Waals surface area contributed by atoms with Crippen LogP contribution >= 0.6 is 27.5 Å². The first-order valence-corrected chi connectivity index (χ1v) is 7.48. The van der Waals surface area contributed by atoms with Crippen LogP contribution in [0.4, 0.5) is 0 Å². The standard InChI is InChI=1S/C16H17BrClN/c1-11-5-3-4-6-14(11)12(2)19-10-13-7-8-16(18)15(17)9-13/h3-9,12,19H,10H2,1-2H3/t12-/m0/s1. The van der Waals surface area contributed by atoms with E-state index in [0.29, 0.717) is 6.04 Å². The highest BCUT2D eigenvalue weighted by molar-refractivity contribution is 9.10. The first kappa shape index (κ1) is 14.6. The van der Waals surface area contributed by atoms with Crippen LogP contribution in [0.5, 0.6) is 0 Å². The average molecular weight is 339 g/mol. The number of benzene rings is 2. The number of nitrogens with one attached hydrogen (secondary N) is 1. The smallest absolute Gasteiger partial charge is 0.0548 e. The van der Waals surface area contributed by atoms with Crippen molar-refractivity contribution in [2.24, 2.45) is 0 Å². The second-order valence-corrected chi connectivity index (χ2v) is 5.97. The number of hydrogen-bond donors (Lipinski definition) is 1. The fourth-order valence-corrected chi connectivity index (χ4v) is 2.65. The van der Waals surface area contributed by atoms with Gasteiger partial charge in [-0.25, -0.2) is 0 Å². The lowest BCUT2D eigenvalue weighted by atomic mass is 10.0. The molecule has 0 aliphatic rings. The van der Waals surface area contributed by atoms with E-state index in [1.807, 2.05) is 12.1 Å². The number of hydrogen-bond acceptors (Lipinski definition) is 1. The molecule has 0 heterocycles. The van der Waals surface area contributed by atoms with Crippen molar-refractivity contribution < 1.29 is 0 Å². The molecule has 2 aromatic carbocycles. The van der Waals surface area contributed by atoms with Crippen LogP contribution in [-0.2, 0) is 6.54 Å². The summed E-state index contributed by atoms with van der Waals surface area (Å²) in [6, 6.07) is 14.8. The van der Waals surface area contributed by atoms with E-state index in [1.54, 1.807) is 0 Å². The molecule has 0 bridgehead atoms. The van der Waals surface area contributed by atoms with E-state index < -0.39 is 0 Å². The van der Waals surface area contributed by atoms with E-state index in [0.717, 1.165) is 16.0 Å². The van der Waals surface area contributed by atoms with Crippen molar-refractivity contribution in [1.82, 2.24) is 5.32 Å². The first-order chi connectivity index (χ1) is 9.08. The third kappa shape index (κ3) is 3.82. The van der Waals surface area contributed by atoms with E-state index >= 15 is 0 Å². The summed E-state index contributed by atoms with van der Waals surface area (Å²) in [5, 5.41) is 4.28. The third-order valence-electron chi connectivity index (χ3n) is 3.25. The monoisotopic (exact) mass is 337 g/mol. The van der Waals surface area contributed by atoms with Crippen LogP contribution in [0.1, 0.15) is 29.7 Å². The maximum absolute atomic E-state index is 5.99. The molecule has 0 saturated heterocycles. The Bertz CT molecular complexity index is 568. The zero-order chi connectivity index (χ0) is 13.8. The summed E-state index contributed by atoms with van der Waals surface area (Å²) in [6.45, 7) is 5.16. The Balaban J connectivity index is 2.02. The third-order valence-corrected chi connectivity index (χ3v) is 4.47. The van der Waals surface area contributed by atoms with Gasteiger partial charge in [-0.05, 0) is 58.6 Å². The number of halogens is 2. The van der Waals surface area contributed by atoms with Crippen LogP contribution in [0.3, 0.4) is 0 Å². The Morgan fingerprint density at radius 2 is 1.95 bits per heavy atom. The Hall–Kier alpha value is -0.830. The predicted octanol–water partition coefficient (Wildman–Crippen LogP) is 5.26. The van der Waals surface area contributed by atoms with Crippen LogP contribution in [0.25, 0.3) is 0 Å². The van der Waals surface area contributed by atoms with Gasteiger partial charge in [-0.3, -0.25) is 0 Å². The highest BCUT2D eigenvalue weighted by Crippen LogP contribution is 2.24. The van der Waals surface area contributed by atoms with Crippen LogP contribution in [0, 0.1) is 6.92 Å². The summed E-state index contributed by atoms with van der Waals surface area (Å²) in [4.78, 5) is 0. The van der Waals surface area contributed by atoms with Gasteiger partial charge in [0.2, 0.25) is 0 Å². The van der Waals surface area contributed by atoms with Gasteiger partial charge in [-0.1, -0.05) is 41.9 Å². The highest BCUT2D eigenvalue weighted by atomic mass is 79.9. The Morgan fingerprint density at radius 3 is 2.63 bits per heavy atom. The van der Waals surface area contributed by atoms with Crippen LogP contribution < -0.4 is 5.32 Å². The largest absolute Gasteiger partial charge is 0.306 e. The van der Waals surface area contributed by atoms with Crippen molar-refractivity contribution >= 4 is 27.5 Å². The predicted molar refractivity (Wildman–Crippen MR) is 85.6 cm³/mol. The molecule has 0 spiro atoms. The highest BCUT2D eigenvalue weighted by Gasteiger charge is 2.07. The summed E-state index contributed by atoms with van der Waals surface area (Å²) in [6.07, 6.45) is 0. The molecule has 0 aliphatic heterocycles. The van der Waals surface area contributed by atoms with Gasteiger partial charge < -0.3 is 5.32 Å². The summed E-state index contributed by atoms with van der Waals surface area (Å²) in [5.74, 6) is 0. The maximum Gasteiger partial charge on any atom is 0.0548 e. The fraction of sp³-hybridized carbons (Fsp3) is 0.250. The lowest BCUT2D eigenvalue weighted by molar-refractivity contribution is 0.572. The summed E-state index contributed by atoms with van der Waals surface area (Å²) < 4.78 is 0.942. The molecule has 19 heavy (non-hydrogen) atoms. The lowest BCUT2D eigenvalue weighted by Gasteiger charge is -2.16. The molecular weight excluding hydrogens is 322 g/mol. The molecule has 1 atom stereocenters. The van der Waals surface area contributed by atoms with E-state index in [1.165, 1.54) is 16.7 Å². The summed E-state index contributed by atoms with van der Waals surface area (Å²) >= 11 is 9.44. The summed E-state index contributed by atoms with van der Waals surface area (Å²) in [5.41, 5.74) is 3.88. The van der Waals surface area contributed by atoms with Crippen molar-refractivity contribution in [3.05, 3.63) is 68.7 Å². The van der Waals surface area contributed by atoms with Gasteiger partial charge in [0.05, 0.1) is 5.02 Å². The van der Waals surface area contributed by atoms with E-state index in [-0.39, 0.29) is 0 Å². The zero-order valence-corrected chi connectivity index (χ0v) is 13.4. The Kier molecular flexibility index (Phi) is 5.03. The minimum absolute atomic E-state index is 0.329. The molecule has 1 N–H and O–H groups in total. The van der Waals surface area contributed by atoms with Gasteiger partial charge >= 0.3 is 0 Å². The SMILES string of the molecule is Cc1ccccc1[C@H](C)NCc1ccc(Cl)c(Br)c1. The van der Waals surface area contributed by atoms with Gasteiger partial charge in [-0.2, -0.15) is 0 Å². The fourth-order valence-electron chi connectivity index (χ4n) is 2.10. The molecular formula is C16H17BrClN. The summed E-state index contributed by atoms with van der Waals surface area (Å²) in [7, 11) is 0. The van der Waals surface area contributed by atoms with Gasteiger partial charge in [0.15, 0.2) is 0 Å². The van der Waals surface area contributed by atoms with E-state index in [4.69, 9.17) is 11.6 Å². The normalized spacial score (nSPS) is 12.4.